The fourth-order valence-electron chi connectivity index (χ4n) is 6.59. The molecule has 0 aliphatic carbocycles. The first-order chi connectivity index (χ1) is 22.9. The van der Waals surface area contributed by atoms with Crippen molar-refractivity contribution in [2.45, 2.75) is 73.6 Å². The largest absolute Gasteiger partial charge is 2.00 e. The number of aryl methyl sites for hydroxylation is 2. The summed E-state index contributed by atoms with van der Waals surface area (Å²) in [6, 6.07) is 30.4. The number of benzene rings is 4. The quantitative estimate of drug-likeness (QED) is 0.157. The maximum absolute atomic E-state index is 6.58. The van der Waals surface area contributed by atoms with Crippen molar-refractivity contribution in [2.24, 2.45) is 0 Å². The predicted molar refractivity (Wildman–Crippen MR) is 197 cm³/mol. The van der Waals surface area contributed by atoms with E-state index in [4.69, 9.17) is 14.8 Å². The van der Waals surface area contributed by atoms with E-state index < -0.39 is 0 Å². The molecule has 0 spiro atoms. The molecular formula is C43H42N4OPt. The average molecular weight is 826 g/mol. The summed E-state index contributed by atoms with van der Waals surface area (Å²) in [5.74, 6) is 2.39. The normalized spacial score (nSPS) is 11.8. The predicted octanol–water partition coefficient (Wildman–Crippen LogP) is 11.1. The molecule has 0 saturated carbocycles. The minimum absolute atomic E-state index is 0. The monoisotopic (exact) mass is 825 g/mol. The molecule has 0 saturated heterocycles. The molecular weight excluding hydrogens is 784 g/mol. The summed E-state index contributed by atoms with van der Waals surface area (Å²) in [5, 5.41) is 7.05. The Kier molecular flexibility index (Phi) is 9.19. The van der Waals surface area contributed by atoms with Crippen molar-refractivity contribution in [3.63, 3.8) is 0 Å². The van der Waals surface area contributed by atoms with Crippen LogP contribution in [0.4, 0.5) is 0 Å². The molecule has 0 amide bonds. The molecule has 250 valence electrons. The summed E-state index contributed by atoms with van der Waals surface area (Å²) in [5.41, 5.74) is 12.7. The van der Waals surface area contributed by atoms with Gasteiger partial charge in [0, 0.05) is 35.0 Å². The van der Waals surface area contributed by atoms with Gasteiger partial charge in [-0.1, -0.05) is 64.4 Å². The van der Waals surface area contributed by atoms with Gasteiger partial charge in [-0.05, 0) is 102 Å². The van der Waals surface area contributed by atoms with Crippen molar-refractivity contribution >= 4 is 21.8 Å². The van der Waals surface area contributed by atoms with Gasteiger partial charge in [0.15, 0.2) is 0 Å². The minimum atomic E-state index is -0.00457. The van der Waals surface area contributed by atoms with E-state index in [0.717, 1.165) is 44.4 Å². The SMILES string of the molecule is Cc1cc(C)c(C)c(-c2cnn(-c3[c-]c(Oc4[c-]c5c(cc4)c4ccccc4n5-c4cc(C(C)(C)C)ccn4)cc(C(C)C)c3)c2)c1C.[Pt+2]. The van der Waals surface area contributed by atoms with Crippen molar-refractivity contribution in [3.05, 3.63) is 131 Å². The van der Waals surface area contributed by atoms with Crippen LogP contribution in [0.5, 0.6) is 11.5 Å². The Morgan fingerprint density at radius 1 is 0.796 bits per heavy atom. The molecule has 0 bridgehead atoms. The molecule has 5 nitrogen and oxygen atoms in total. The maximum Gasteiger partial charge on any atom is 2.00 e. The van der Waals surface area contributed by atoms with E-state index in [1.807, 2.05) is 23.1 Å². The number of fused-ring (bicyclic) bond motifs is 3. The topological polar surface area (TPSA) is 44.9 Å². The fraction of sp³-hybridized carbons (Fsp3) is 0.256. The third-order valence-corrected chi connectivity index (χ3v) is 9.62. The maximum atomic E-state index is 6.58. The fourth-order valence-corrected chi connectivity index (χ4v) is 6.59. The molecule has 6 heteroatoms. The minimum Gasteiger partial charge on any atom is -0.509 e. The molecule has 3 aromatic heterocycles. The molecule has 0 N–H and O–H groups in total. The zero-order valence-electron chi connectivity index (χ0n) is 29.7. The zero-order valence-corrected chi connectivity index (χ0v) is 31.9. The number of ether oxygens (including phenoxy) is 1. The molecule has 0 aliphatic rings. The standard InChI is InChI=1S/C43H42N4O.Pt/c1-26(2)31-19-34(46-25-32(24-45-46)42-29(5)27(3)18-28(4)30(42)6)22-36(20-31)48-35-14-15-38-37-12-10-11-13-39(37)47(40(38)23-35)41-21-33(16-17-44-41)43(7,8)9;/h10-21,24-26H,1-9H3;/q-2;+2. The number of aromatic nitrogens is 4. The van der Waals surface area contributed by atoms with Gasteiger partial charge in [-0.3, -0.25) is 4.68 Å². The van der Waals surface area contributed by atoms with Crippen LogP contribution in [0.15, 0.2) is 85.3 Å². The number of hydrogen-bond acceptors (Lipinski definition) is 3. The van der Waals surface area contributed by atoms with Crippen molar-refractivity contribution in [1.82, 2.24) is 19.3 Å². The van der Waals surface area contributed by atoms with Crippen LogP contribution >= 0.6 is 0 Å². The second kappa shape index (κ2) is 13.1. The van der Waals surface area contributed by atoms with E-state index in [0.29, 0.717) is 11.5 Å². The Balaban J connectivity index is 0.00000417. The van der Waals surface area contributed by atoms with Gasteiger partial charge in [-0.25, -0.2) is 4.98 Å². The van der Waals surface area contributed by atoms with Crippen LogP contribution in [0.3, 0.4) is 0 Å². The number of hydrogen-bond donors (Lipinski definition) is 0. The Hall–Kier alpha value is -4.47. The van der Waals surface area contributed by atoms with E-state index in [-0.39, 0.29) is 32.4 Å². The van der Waals surface area contributed by atoms with Gasteiger partial charge < -0.3 is 9.30 Å². The van der Waals surface area contributed by atoms with E-state index in [9.17, 15) is 0 Å². The Morgan fingerprint density at radius 3 is 2.24 bits per heavy atom. The molecule has 0 fully saturated rings. The molecule has 3 heterocycles. The van der Waals surface area contributed by atoms with E-state index in [2.05, 4.69) is 146 Å². The van der Waals surface area contributed by atoms with Crippen LogP contribution in [0, 0.1) is 39.8 Å². The summed E-state index contributed by atoms with van der Waals surface area (Å²) < 4.78 is 10.7. The number of rotatable bonds is 6. The van der Waals surface area contributed by atoms with E-state index in [1.54, 1.807) is 0 Å². The Morgan fingerprint density at radius 2 is 1.53 bits per heavy atom. The molecule has 0 radical (unpaired) electrons. The van der Waals surface area contributed by atoms with Gasteiger partial charge in [0.25, 0.3) is 0 Å². The van der Waals surface area contributed by atoms with Gasteiger partial charge in [0.05, 0.1) is 6.20 Å². The summed E-state index contributed by atoms with van der Waals surface area (Å²) in [4.78, 5) is 4.82. The van der Waals surface area contributed by atoms with Crippen molar-refractivity contribution < 1.29 is 25.8 Å². The van der Waals surface area contributed by atoms with E-state index >= 15 is 0 Å². The third kappa shape index (κ3) is 6.37. The zero-order chi connectivity index (χ0) is 33.9. The summed E-state index contributed by atoms with van der Waals surface area (Å²) in [6.07, 6.45) is 5.95. The first-order valence-electron chi connectivity index (χ1n) is 16.7. The molecule has 49 heavy (non-hydrogen) atoms. The number of nitrogens with zero attached hydrogens (tertiary/aromatic N) is 4. The van der Waals surface area contributed by atoms with Gasteiger partial charge in [0.2, 0.25) is 0 Å². The molecule has 0 atom stereocenters. The molecule has 4 aromatic carbocycles. The second-order valence-electron chi connectivity index (χ2n) is 14.3. The van der Waals surface area contributed by atoms with Crippen molar-refractivity contribution in [3.8, 4) is 34.1 Å². The van der Waals surface area contributed by atoms with Crippen molar-refractivity contribution in [2.75, 3.05) is 0 Å². The van der Waals surface area contributed by atoms with E-state index in [1.165, 1.54) is 33.4 Å². The van der Waals surface area contributed by atoms with Gasteiger partial charge >= 0.3 is 21.1 Å². The van der Waals surface area contributed by atoms with Crippen molar-refractivity contribution in [1.29, 1.82) is 0 Å². The van der Waals surface area contributed by atoms with Crippen LogP contribution in [0.2, 0.25) is 0 Å². The van der Waals surface area contributed by atoms with Crippen LogP contribution in [0.25, 0.3) is 44.4 Å². The van der Waals surface area contributed by atoms with Crippen LogP contribution in [0.1, 0.15) is 73.9 Å². The first-order valence-corrected chi connectivity index (χ1v) is 16.7. The second-order valence-corrected chi connectivity index (χ2v) is 14.3. The van der Waals surface area contributed by atoms with Crippen LogP contribution in [-0.4, -0.2) is 19.3 Å². The smallest absolute Gasteiger partial charge is 0.509 e. The van der Waals surface area contributed by atoms with Gasteiger partial charge in [-0.15, -0.1) is 41.3 Å². The molecule has 7 rings (SSSR count). The van der Waals surface area contributed by atoms with Gasteiger partial charge in [-0.2, -0.15) is 11.2 Å². The average Bonchev–Trinajstić information content (AvgIpc) is 3.67. The summed E-state index contributed by atoms with van der Waals surface area (Å²) in [7, 11) is 0. The van der Waals surface area contributed by atoms with Gasteiger partial charge in [0.1, 0.15) is 5.82 Å². The third-order valence-electron chi connectivity index (χ3n) is 9.62. The Labute approximate surface area is 304 Å². The summed E-state index contributed by atoms with van der Waals surface area (Å²) in [6.45, 7) is 19.8. The van der Waals surface area contributed by atoms with Crippen LogP contribution < -0.4 is 4.74 Å². The summed E-state index contributed by atoms with van der Waals surface area (Å²) >= 11 is 0. The number of pyridine rings is 1. The first kappa shape index (κ1) is 34.4. The molecule has 0 aliphatic heterocycles. The Bertz CT molecular complexity index is 2310. The molecule has 0 unspecified atom stereocenters. The molecule has 7 aromatic rings. The number of para-hydroxylation sites is 1. The van der Waals surface area contributed by atoms with Crippen LogP contribution in [-0.2, 0) is 26.5 Å².